The molecule has 1 aromatic carbocycles. The second kappa shape index (κ2) is 6.68. The van der Waals surface area contributed by atoms with Crippen molar-refractivity contribution in [2.45, 2.75) is 31.7 Å². The van der Waals surface area contributed by atoms with E-state index in [0.717, 1.165) is 0 Å². The van der Waals surface area contributed by atoms with Gasteiger partial charge in [-0.2, -0.15) is 0 Å². The average molecular weight is 284 g/mol. The van der Waals surface area contributed by atoms with Crippen molar-refractivity contribution in [3.8, 4) is 0 Å². The van der Waals surface area contributed by atoms with E-state index in [1.807, 2.05) is 13.8 Å². The molecule has 6 heteroatoms. The van der Waals surface area contributed by atoms with E-state index in [4.69, 9.17) is 0 Å². The Labute approximate surface area is 114 Å². The summed E-state index contributed by atoms with van der Waals surface area (Å²) in [7, 11) is -3.19. The number of hydrogen-bond acceptors (Lipinski definition) is 4. The summed E-state index contributed by atoms with van der Waals surface area (Å²) in [5.74, 6) is -0.0865. The molecule has 0 aliphatic carbocycles. The van der Waals surface area contributed by atoms with Gasteiger partial charge in [0, 0.05) is 11.7 Å². The Kier molecular flexibility index (Phi) is 5.50. The van der Waals surface area contributed by atoms with E-state index in [2.05, 4.69) is 10.6 Å². The quantitative estimate of drug-likeness (QED) is 0.828. The van der Waals surface area contributed by atoms with Gasteiger partial charge in [-0.05, 0) is 24.3 Å². The van der Waals surface area contributed by atoms with Gasteiger partial charge in [-0.1, -0.05) is 20.8 Å². The van der Waals surface area contributed by atoms with Crippen LogP contribution in [0.4, 0.5) is 5.69 Å². The monoisotopic (exact) mass is 284 g/mol. The second-order valence-corrected chi connectivity index (χ2v) is 6.79. The molecule has 0 fully saturated rings. The summed E-state index contributed by atoms with van der Waals surface area (Å²) >= 11 is 0. The second-order valence-electron chi connectivity index (χ2n) is 4.51. The van der Waals surface area contributed by atoms with Crippen LogP contribution in [0.1, 0.15) is 20.8 Å². The maximum Gasteiger partial charge on any atom is 0.238 e. The molecule has 0 spiro atoms. The first kappa shape index (κ1) is 15.7. The van der Waals surface area contributed by atoms with E-state index >= 15 is 0 Å². The number of rotatable bonds is 6. The zero-order valence-corrected chi connectivity index (χ0v) is 12.3. The maximum atomic E-state index is 11.6. The van der Waals surface area contributed by atoms with E-state index in [1.165, 1.54) is 12.1 Å². The highest BCUT2D eigenvalue weighted by Crippen LogP contribution is 2.15. The minimum absolute atomic E-state index is 0.0665. The van der Waals surface area contributed by atoms with Gasteiger partial charge in [0.25, 0.3) is 0 Å². The Hall–Kier alpha value is -1.40. The third-order valence-corrected chi connectivity index (χ3v) is 4.30. The first-order chi connectivity index (χ1) is 8.85. The Bertz CT molecular complexity index is 521. The van der Waals surface area contributed by atoms with Crippen molar-refractivity contribution in [1.29, 1.82) is 0 Å². The molecule has 19 heavy (non-hydrogen) atoms. The smallest absolute Gasteiger partial charge is 0.238 e. The standard InChI is InChI=1S/C13H20N2O3S/c1-4-19(17,18)12-7-5-11(6-8-12)15-13(16)9-14-10(2)3/h5-8,10,14H,4,9H2,1-3H3,(H,15,16). The number of anilines is 1. The molecule has 0 aromatic heterocycles. The molecule has 0 heterocycles. The van der Waals surface area contributed by atoms with Crippen LogP contribution in [-0.2, 0) is 14.6 Å². The minimum Gasteiger partial charge on any atom is -0.325 e. The third-order valence-electron chi connectivity index (χ3n) is 2.55. The van der Waals surface area contributed by atoms with E-state index in [1.54, 1.807) is 19.1 Å². The summed E-state index contributed by atoms with van der Waals surface area (Å²) in [5, 5.41) is 5.70. The highest BCUT2D eigenvalue weighted by Gasteiger charge is 2.11. The Morgan fingerprint density at radius 3 is 2.26 bits per heavy atom. The fourth-order valence-electron chi connectivity index (χ4n) is 1.41. The van der Waals surface area contributed by atoms with Crippen molar-refractivity contribution in [3.63, 3.8) is 0 Å². The van der Waals surface area contributed by atoms with Gasteiger partial charge in [-0.15, -0.1) is 0 Å². The highest BCUT2D eigenvalue weighted by molar-refractivity contribution is 7.91. The summed E-state index contributed by atoms with van der Waals surface area (Å²) in [6, 6.07) is 6.43. The van der Waals surface area contributed by atoms with E-state index in [9.17, 15) is 13.2 Å². The Morgan fingerprint density at radius 1 is 1.21 bits per heavy atom. The molecular formula is C13H20N2O3S. The van der Waals surface area contributed by atoms with E-state index in [0.29, 0.717) is 5.69 Å². The lowest BCUT2D eigenvalue weighted by atomic mass is 10.3. The van der Waals surface area contributed by atoms with Gasteiger partial charge in [-0.3, -0.25) is 4.79 Å². The van der Waals surface area contributed by atoms with Crippen molar-refractivity contribution >= 4 is 21.4 Å². The summed E-state index contributed by atoms with van der Waals surface area (Å²) in [5.41, 5.74) is 0.589. The van der Waals surface area contributed by atoms with Gasteiger partial charge in [0.15, 0.2) is 9.84 Å². The molecule has 0 radical (unpaired) electrons. The summed E-state index contributed by atoms with van der Waals surface area (Å²) < 4.78 is 23.2. The molecule has 0 aliphatic rings. The van der Waals surface area contributed by atoms with Crippen molar-refractivity contribution in [1.82, 2.24) is 5.32 Å². The van der Waals surface area contributed by atoms with Crippen LogP contribution in [-0.4, -0.2) is 32.7 Å². The van der Waals surface area contributed by atoms with Gasteiger partial charge in [0.2, 0.25) is 5.91 Å². The zero-order chi connectivity index (χ0) is 14.5. The topological polar surface area (TPSA) is 75.3 Å². The van der Waals surface area contributed by atoms with Crippen LogP contribution in [0.5, 0.6) is 0 Å². The Balaban J connectivity index is 2.65. The van der Waals surface area contributed by atoms with E-state index < -0.39 is 9.84 Å². The minimum atomic E-state index is -3.19. The number of sulfone groups is 1. The average Bonchev–Trinajstić information content (AvgIpc) is 2.37. The van der Waals surface area contributed by atoms with Gasteiger partial charge in [0.05, 0.1) is 17.2 Å². The molecule has 0 unspecified atom stereocenters. The zero-order valence-electron chi connectivity index (χ0n) is 11.4. The molecule has 1 rings (SSSR count). The fraction of sp³-hybridized carbons (Fsp3) is 0.462. The number of carbonyl (C=O) groups is 1. The third kappa shape index (κ3) is 5.00. The van der Waals surface area contributed by atoms with Crippen molar-refractivity contribution in [3.05, 3.63) is 24.3 Å². The van der Waals surface area contributed by atoms with Gasteiger partial charge >= 0.3 is 0 Å². The number of amides is 1. The first-order valence-electron chi connectivity index (χ1n) is 6.21. The van der Waals surface area contributed by atoms with Crippen LogP contribution in [0.15, 0.2) is 29.2 Å². The van der Waals surface area contributed by atoms with Crippen LogP contribution in [0.2, 0.25) is 0 Å². The molecule has 0 saturated heterocycles. The molecule has 1 amide bonds. The molecule has 0 bridgehead atoms. The van der Waals surface area contributed by atoms with Crippen molar-refractivity contribution < 1.29 is 13.2 Å². The van der Waals surface area contributed by atoms with Gasteiger partial charge in [0.1, 0.15) is 0 Å². The van der Waals surface area contributed by atoms with Crippen molar-refractivity contribution in [2.75, 3.05) is 17.6 Å². The molecule has 0 atom stereocenters. The van der Waals surface area contributed by atoms with Crippen LogP contribution < -0.4 is 10.6 Å². The number of benzene rings is 1. The normalized spacial score (nSPS) is 11.6. The fourth-order valence-corrected chi connectivity index (χ4v) is 2.30. The summed E-state index contributed by atoms with van der Waals surface area (Å²) in [6.45, 7) is 5.74. The SMILES string of the molecule is CCS(=O)(=O)c1ccc(NC(=O)CNC(C)C)cc1. The summed E-state index contributed by atoms with van der Waals surface area (Å²) in [6.07, 6.45) is 0. The lowest BCUT2D eigenvalue weighted by Crippen LogP contribution is -2.32. The van der Waals surface area contributed by atoms with E-state index in [-0.39, 0.29) is 29.1 Å². The Morgan fingerprint density at radius 2 is 1.79 bits per heavy atom. The van der Waals surface area contributed by atoms with Crippen molar-refractivity contribution in [2.24, 2.45) is 0 Å². The van der Waals surface area contributed by atoms with Crippen LogP contribution in [0.25, 0.3) is 0 Å². The molecule has 2 N–H and O–H groups in total. The molecule has 5 nitrogen and oxygen atoms in total. The molecule has 0 saturated carbocycles. The largest absolute Gasteiger partial charge is 0.325 e. The highest BCUT2D eigenvalue weighted by atomic mass is 32.2. The van der Waals surface area contributed by atoms with Crippen LogP contribution >= 0.6 is 0 Å². The molecule has 1 aromatic rings. The number of hydrogen-bond donors (Lipinski definition) is 2. The molecule has 0 aliphatic heterocycles. The molecule has 106 valence electrons. The van der Waals surface area contributed by atoms with Crippen LogP contribution in [0, 0.1) is 0 Å². The predicted octanol–water partition coefficient (Wildman–Crippen LogP) is 1.42. The molecular weight excluding hydrogens is 264 g/mol. The lowest BCUT2D eigenvalue weighted by molar-refractivity contribution is -0.115. The first-order valence-corrected chi connectivity index (χ1v) is 7.86. The predicted molar refractivity (Wildman–Crippen MR) is 75.9 cm³/mol. The maximum absolute atomic E-state index is 11.6. The van der Waals surface area contributed by atoms with Crippen LogP contribution in [0.3, 0.4) is 0 Å². The van der Waals surface area contributed by atoms with Gasteiger partial charge in [-0.25, -0.2) is 8.42 Å². The van der Waals surface area contributed by atoms with Gasteiger partial charge < -0.3 is 10.6 Å². The lowest BCUT2D eigenvalue weighted by Gasteiger charge is -2.09. The number of carbonyl (C=O) groups excluding carboxylic acids is 1. The number of nitrogens with one attached hydrogen (secondary N) is 2. The summed E-state index contributed by atoms with van der Waals surface area (Å²) in [4.78, 5) is 11.8.